The second kappa shape index (κ2) is 4.81. The predicted molar refractivity (Wildman–Crippen MR) is 67.6 cm³/mol. The molecule has 0 fully saturated rings. The molecule has 0 amide bonds. The van der Waals surface area contributed by atoms with Gasteiger partial charge in [-0.25, -0.2) is 8.42 Å². The Kier molecular flexibility index (Phi) is 4.06. The van der Waals surface area contributed by atoms with Crippen molar-refractivity contribution < 1.29 is 21.6 Å². The summed E-state index contributed by atoms with van der Waals surface area (Å²) in [5.41, 5.74) is -4.50. The van der Waals surface area contributed by atoms with Gasteiger partial charge in [0.2, 0.25) is 0 Å². The molecular formula is C13H17F3O2S. The van der Waals surface area contributed by atoms with Crippen LogP contribution in [0.25, 0.3) is 0 Å². The predicted octanol–water partition coefficient (Wildman–Crippen LogP) is 4.13. The first kappa shape index (κ1) is 16.0. The molecule has 0 aromatic heterocycles. The van der Waals surface area contributed by atoms with Crippen molar-refractivity contribution in [3.8, 4) is 0 Å². The average molecular weight is 294 g/mol. The number of sulfone groups is 1. The lowest BCUT2D eigenvalue weighted by Gasteiger charge is -2.27. The first-order chi connectivity index (χ1) is 8.37. The van der Waals surface area contributed by atoms with Gasteiger partial charge in [-0.1, -0.05) is 39.8 Å². The standard InChI is InChI=1S/C13H17F3O2S/c1-9(12(2,3)4)10-5-7-11(8-6-10)19(17,18)13(14,15)16/h5-9H,1-4H3. The van der Waals surface area contributed by atoms with Gasteiger partial charge in [-0.3, -0.25) is 0 Å². The Hall–Kier alpha value is -1.04. The van der Waals surface area contributed by atoms with Gasteiger partial charge in [0.15, 0.2) is 0 Å². The largest absolute Gasteiger partial charge is 0.501 e. The van der Waals surface area contributed by atoms with Gasteiger partial charge in [0, 0.05) is 0 Å². The summed E-state index contributed by atoms with van der Waals surface area (Å²) >= 11 is 0. The maximum absolute atomic E-state index is 12.4. The lowest BCUT2D eigenvalue weighted by atomic mass is 9.78. The number of rotatable bonds is 2. The van der Waals surface area contributed by atoms with Crippen molar-refractivity contribution >= 4 is 9.84 Å². The highest BCUT2D eigenvalue weighted by Crippen LogP contribution is 2.36. The minimum absolute atomic E-state index is 0.0512. The molecule has 6 heteroatoms. The van der Waals surface area contributed by atoms with Crippen molar-refractivity contribution in [3.63, 3.8) is 0 Å². The van der Waals surface area contributed by atoms with Crippen LogP contribution in [0.5, 0.6) is 0 Å². The SMILES string of the molecule is CC(c1ccc(S(=O)(=O)C(F)(F)F)cc1)C(C)(C)C. The fourth-order valence-electron chi connectivity index (χ4n) is 1.57. The maximum Gasteiger partial charge on any atom is 0.501 e. The zero-order chi connectivity index (χ0) is 15.1. The van der Waals surface area contributed by atoms with Gasteiger partial charge in [0.25, 0.3) is 9.84 Å². The Labute approximate surface area is 111 Å². The molecule has 108 valence electrons. The summed E-state index contributed by atoms with van der Waals surface area (Å²) in [6.07, 6.45) is 0. The zero-order valence-electron chi connectivity index (χ0n) is 11.2. The molecule has 0 aliphatic carbocycles. The first-order valence-electron chi connectivity index (χ1n) is 5.78. The van der Waals surface area contributed by atoms with Crippen molar-refractivity contribution in [2.75, 3.05) is 0 Å². The second-order valence-electron chi connectivity index (χ2n) is 5.61. The minimum atomic E-state index is -5.26. The van der Waals surface area contributed by atoms with Crippen molar-refractivity contribution in [1.29, 1.82) is 0 Å². The van der Waals surface area contributed by atoms with E-state index in [2.05, 4.69) is 0 Å². The quantitative estimate of drug-likeness (QED) is 0.822. The third kappa shape index (κ3) is 3.29. The van der Waals surface area contributed by atoms with Crippen LogP contribution in [-0.4, -0.2) is 13.9 Å². The summed E-state index contributed by atoms with van der Waals surface area (Å²) in [6, 6.07) is 4.91. The third-order valence-corrected chi connectivity index (χ3v) is 4.80. The van der Waals surface area contributed by atoms with Gasteiger partial charge in [-0.05, 0) is 29.0 Å². The molecule has 0 saturated heterocycles. The number of alkyl halides is 3. The number of benzene rings is 1. The summed E-state index contributed by atoms with van der Waals surface area (Å²) in [6.45, 7) is 7.99. The highest BCUT2D eigenvalue weighted by molar-refractivity contribution is 7.92. The fourth-order valence-corrected chi connectivity index (χ4v) is 2.33. The molecule has 1 rings (SSSR count). The summed E-state index contributed by atoms with van der Waals surface area (Å²) in [7, 11) is -5.25. The minimum Gasteiger partial charge on any atom is -0.214 e. The molecule has 1 aromatic carbocycles. The monoisotopic (exact) mass is 294 g/mol. The molecule has 2 nitrogen and oxygen atoms in total. The van der Waals surface area contributed by atoms with Gasteiger partial charge in [-0.15, -0.1) is 0 Å². The van der Waals surface area contributed by atoms with E-state index in [1.54, 1.807) is 0 Å². The lowest BCUT2D eigenvalue weighted by molar-refractivity contribution is -0.0436. The van der Waals surface area contributed by atoms with Crippen LogP contribution in [0.2, 0.25) is 0 Å². The molecule has 19 heavy (non-hydrogen) atoms. The van der Waals surface area contributed by atoms with Crippen molar-refractivity contribution in [1.82, 2.24) is 0 Å². The summed E-state index contributed by atoms with van der Waals surface area (Å²) in [4.78, 5) is -0.718. The molecule has 0 heterocycles. The molecule has 1 aromatic rings. The summed E-state index contributed by atoms with van der Waals surface area (Å²) in [5.74, 6) is 0.107. The molecule has 0 bridgehead atoms. The Bertz CT molecular complexity index is 537. The van der Waals surface area contributed by atoms with E-state index in [1.807, 2.05) is 27.7 Å². The van der Waals surface area contributed by atoms with Gasteiger partial charge >= 0.3 is 5.51 Å². The highest BCUT2D eigenvalue weighted by atomic mass is 32.2. The highest BCUT2D eigenvalue weighted by Gasteiger charge is 2.46. The molecular weight excluding hydrogens is 277 g/mol. The van der Waals surface area contributed by atoms with Gasteiger partial charge in [0.05, 0.1) is 4.90 Å². The molecule has 0 aliphatic rings. The molecule has 0 radical (unpaired) electrons. The van der Waals surface area contributed by atoms with Crippen molar-refractivity contribution in [2.24, 2.45) is 5.41 Å². The Morgan fingerprint density at radius 1 is 1.00 bits per heavy atom. The zero-order valence-corrected chi connectivity index (χ0v) is 12.1. The molecule has 0 N–H and O–H groups in total. The molecule has 1 unspecified atom stereocenters. The van der Waals surface area contributed by atoms with E-state index in [9.17, 15) is 21.6 Å². The van der Waals surface area contributed by atoms with Crippen LogP contribution in [0.15, 0.2) is 29.2 Å². The van der Waals surface area contributed by atoms with Crippen molar-refractivity contribution in [2.45, 2.75) is 44.0 Å². The Morgan fingerprint density at radius 2 is 1.42 bits per heavy atom. The average Bonchev–Trinajstić information content (AvgIpc) is 2.25. The van der Waals surface area contributed by atoms with Crippen LogP contribution in [0.1, 0.15) is 39.2 Å². The van der Waals surface area contributed by atoms with E-state index >= 15 is 0 Å². The molecule has 0 saturated carbocycles. The summed E-state index contributed by atoms with van der Waals surface area (Å²) in [5, 5.41) is 0. The van der Waals surface area contributed by atoms with Crippen LogP contribution in [-0.2, 0) is 9.84 Å². The Morgan fingerprint density at radius 3 is 1.74 bits per heavy atom. The van der Waals surface area contributed by atoms with Crippen molar-refractivity contribution in [3.05, 3.63) is 29.8 Å². The maximum atomic E-state index is 12.4. The van der Waals surface area contributed by atoms with E-state index in [0.717, 1.165) is 17.7 Å². The van der Waals surface area contributed by atoms with Gasteiger partial charge in [0.1, 0.15) is 0 Å². The van der Waals surface area contributed by atoms with Crippen LogP contribution in [0, 0.1) is 5.41 Å². The third-order valence-electron chi connectivity index (χ3n) is 3.29. The van der Waals surface area contributed by atoms with E-state index in [-0.39, 0.29) is 11.3 Å². The normalized spacial score (nSPS) is 15.3. The Balaban J connectivity index is 3.15. The molecule has 0 spiro atoms. The second-order valence-corrected chi connectivity index (χ2v) is 7.55. The number of hydrogen-bond donors (Lipinski definition) is 0. The van der Waals surface area contributed by atoms with Crippen LogP contribution >= 0.6 is 0 Å². The first-order valence-corrected chi connectivity index (χ1v) is 7.27. The number of halogens is 3. The summed E-state index contributed by atoms with van der Waals surface area (Å²) < 4.78 is 59.6. The van der Waals surface area contributed by atoms with Gasteiger partial charge < -0.3 is 0 Å². The number of hydrogen-bond acceptors (Lipinski definition) is 2. The van der Waals surface area contributed by atoms with E-state index in [1.165, 1.54) is 12.1 Å². The van der Waals surface area contributed by atoms with E-state index in [0.29, 0.717) is 0 Å². The molecule has 1 atom stereocenters. The van der Waals surface area contributed by atoms with E-state index in [4.69, 9.17) is 0 Å². The fraction of sp³-hybridized carbons (Fsp3) is 0.538. The molecule has 0 aliphatic heterocycles. The van der Waals surface area contributed by atoms with E-state index < -0.39 is 20.2 Å². The van der Waals surface area contributed by atoms with Crippen LogP contribution in [0.4, 0.5) is 13.2 Å². The van der Waals surface area contributed by atoms with Crippen LogP contribution < -0.4 is 0 Å². The lowest BCUT2D eigenvalue weighted by Crippen LogP contribution is -2.23. The smallest absolute Gasteiger partial charge is 0.214 e. The van der Waals surface area contributed by atoms with Gasteiger partial charge in [-0.2, -0.15) is 13.2 Å². The van der Waals surface area contributed by atoms with Crippen LogP contribution in [0.3, 0.4) is 0 Å². The topological polar surface area (TPSA) is 34.1 Å².